The fourth-order valence-corrected chi connectivity index (χ4v) is 6.06. The lowest BCUT2D eigenvalue weighted by Crippen LogP contribution is -2.13. The minimum absolute atomic E-state index is 0.567. The number of nitrogens with zero attached hydrogens (tertiary/aromatic N) is 5. The van der Waals surface area contributed by atoms with Crippen LogP contribution in [-0.4, -0.2) is 19.9 Å². The molecule has 0 saturated heterocycles. The Morgan fingerprint density at radius 3 is 1.98 bits per heavy atom. The average molecular weight is 566 g/mol. The maximum atomic E-state index is 4.92. The van der Waals surface area contributed by atoms with Crippen LogP contribution < -0.4 is 4.90 Å². The minimum Gasteiger partial charge on any atom is -0.315 e. The van der Waals surface area contributed by atoms with Gasteiger partial charge in [-0.15, -0.1) is 0 Å². The second-order valence-electron chi connectivity index (χ2n) is 10.9. The van der Waals surface area contributed by atoms with E-state index in [1.54, 1.807) is 0 Å². The van der Waals surface area contributed by atoms with Gasteiger partial charge in [0.05, 0.1) is 17.6 Å². The predicted octanol–water partition coefficient (Wildman–Crippen LogP) is 8.93. The van der Waals surface area contributed by atoms with Gasteiger partial charge in [-0.1, -0.05) is 110 Å². The van der Waals surface area contributed by atoms with Gasteiger partial charge in [0.2, 0.25) is 0 Å². The van der Waals surface area contributed by atoms with E-state index >= 15 is 0 Å². The van der Waals surface area contributed by atoms with Crippen LogP contribution in [0.3, 0.4) is 0 Å². The zero-order valence-corrected chi connectivity index (χ0v) is 23.9. The maximum absolute atomic E-state index is 4.92. The van der Waals surface area contributed by atoms with Crippen LogP contribution in [0.4, 0.5) is 11.4 Å². The van der Waals surface area contributed by atoms with Crippen LogP contribution in [0.25, 0.3) is 45.3 Å². The van der Waals surface area contributed by atoms with E-state index in [2.05, 4.69) is 83.3 Å². The highest BCUT2D eigenvalue weighted by Crippen LogP contribution is 2.45. The summed E-state index contributed by atoms with van der Waals surface area (Å²) < 4.78 is 0. The summed E-state index contributed by atoms with van der Waals surface area (Å²) in [5.41, 5.74) is 11.8. The van der Waals surface area contributed by atoms with Gasteiger partial charge in [0.15, 0.2) is 17.5 Å². The van der Waals surface area contributed by atoms with Gasteiger partial charge in [-0.25, -0.2) is 15.0 Å². The molecule has 0 saturated carbocycles. The molecule has 0 amide bonds. The van der Waals surface area contributed by atoms with Crippen LogP contribution in [0.15, 0.2) is 147 Å². The number of fused-ring (bicyclic) bond motifs is 3. The normalized spacial score (nSPS) is 15.3. The third-order valence-electron chi connectivity index (χ3n) is 8.16. The molecule has 1 aliphatic heterocycles. The third kappa shape index (κ3) is 4.52. The van der Waals surface area contributed by atoms with E-state index < -0.39 is 0 Å². The van der Waals surface area contributed by atoms with E-state index in [0.717, 1.165) is 51.2 Å². The highest BCUT2D eigenvalue weighted by molar-refractivity contribution is 6.10. The molecule has 5 heteroatoms. The van der Waals surface area contributed by atoms with Crippen LogP contribution in [0, 0.1) is 0 Å². The highest BCUT2D eigenvalue weighted by Gasteiger charge is 2.26. The fraction of sp³-hybridized carbons (Fsp3) is 0.0256. The Hall–Kier alpha value is -5.94. The lowest BCUT2D eigenvalue weighted by molar-refractivity contribution is 1.07. The molecule has 1 aliphatic carbocycles. The SMILES string of the molecule is C=C1/C2=C\C=C/N(c3cncc(-c4nc(-c5ccccc5)nc(-c5ccccc5)n4)c3)c3cccc(c31)Cc1ccccc12. The van der Waals surface area contributed by atoms with E-state index in [0.29, 0.717) is 17.5 Å². The van der Waals surface area contributed by atoms with Crippen LogP contribution in [0.1, 0.15) is 22.3 Å². The Morgan fingerprint density at radius 1 is 0.614 bits per heavy atom. The van der Waals surface area contributed by atoms with Crippen molar-refractivity contribution in [2.75, 3.05) is 4.90 Å². The molecule has 2 aliphatic rings. The van der Waals surface area contributed by atoms with Gasteiger partial charge in [0, 0.05) is 34.7 Å². The van der Waals surface area contributed by atoms with E-state index in [9.17, 15) is 0 Å². The Bertz CT molecular complexity index is 2050. The van der Waals surface area contributed by atoms with Gasteiger partial charge in [-0.3, -0.25) is 4.98 Å². The van der Waals surface area contributed by atoms with Crippen molar-refractivity contribution in [2.24, 2.45) is 0 Å². The summed E-state index contributed by atoms with van der Waals surface area (Å²) in [5.74, 6) is 1.80. The molecular weight excluding hydrogens is 538 g/mol. The van der Waals surface area contributed by atoms with Crippen molar-refractivity contribution in [1.82, 2.24) is 19.9 Å². The molecule has 208 valence electrons. The number of anilines is 2. The first-order chi connectivity index (χ1) is 21.7. The number of aromatic nitrogens is 4. The van der Waals surface area contributed by atoms with E-state index in [1.807, 2.05) is 73.1 Å². The number of allylic oxidation sites excluding steroid dienone is 4. The maximum Gasteiger partial charge on any atom is 0.165 e. The Balaban J connectivity index is 1.27. The standard InChI is InChI=1S/C39H27N5/c1-26-33-19-11-21-44(35-20-10-17-30(36(26)35)22-29-16-8-9-18-34(29)33)32-23-31(24-40-25-32)39-42-37(27-12-4-2-5-13-27)41-38(43-39)28-14-6-3-7-15-28/h2-21,23-25H,1,22H2/b21-11-,33-19+. The van der Waals surface area contributed by atoms with Crippen molar-refractivity contribution in [3.05, 3.63) is 169 Å². The van der Waals surface area contributed by atoms with Crippen molar-refractivity contribution < 1.29 is 0 Å². The van der Waals surface area contributed by atoms with Crippen LogP contribution in [0.5, 0.6) is 0 Å². The van der Waals surface area contributed by atoms with Crippen molar-refractivity contribution >= 4 is 22.5 Å². The first kappa shape index (κ1) is 25.7. The molecular formula is C39H27N5. The molecule has 44 heavy (non-hydrogen) atoms. The van der Waals surface area contributed by atoms with Crippen LogP contribution in [-0.2, 0) is 6.42 Å². The van der Waals surface area contributed by atoms with Gasteiger partial charge in [0.25, 0.3) is 0 Å². The van der Waals surface area contributed by atoms with Crippen LogP contribution >= 0.6 is 0 Å². The number of pyridine rings is 1. The van der Waals surface area contributed by atoms with Gasteiger partial charge in [0.1, 0.15) is 0 Å². The zero-order valence-electron chi connectivity index (χ0n) is 23.9. The van der Waals surface area contributed by atoms with Crippen molar-refractivity contribution in [3.8, 4) is 34.2 Å². The molecule has 2 aromatic heterocycles. The predicted molar refractivity (Wildman–Crippen MR) is 178 cm³/mol. The molecule has 0 atom stereocenters. The number of hydrogen-bond acceptors (Lipinski definition) is 5. The van der Waals surface area contributed by atoms with Crippen molar-refractivity contribution in [3.63, 3.8) is 0 Å². The first-order valence-corrected chi connectivity index (χ1v) is 14.6. The topological polar surface area (TPSA) is 54.8 Å². The lowest BCUT2D eigenvalue weighted by atomic mass is 9.91. The number of hydrogen-bond donors (Lipinski definition) is 0. The third-order valence-corrected chi connectivity index (χ3v) is 8.16. The Labute approximate surface area is 256 Å². The molecule has 8 rings (SSSR count). The molecule has 3 heterocycles. The number of benzene rings is 4. The summed E-state index contributed by atoms with van der Waals surface area (Å²) >= 11 is 0. The highest BCUT2D eigenvalue weighted by atomic mass is 15.1. The summed E-state index contributed by atoms with van der Waals surface area (Å²) in [6, 6.07) is 37.2. The van der Waals surface area contributed by atoms with Gasteiger partial charge >= 0.3 is 0 Å². The Morgan fingerprint density at radius 2 is 1.25 bits per heavy atom. The summed E-state index contributed by atoms with van der Waals surface area (Å²) in [4.78, 5) is 21.5. The van der Waals surface area contributed by atoms with Crippen molar-refractivity contribution in [1.29, 1.82) is 0 Å². The molecule has 0 unspecified atom stereocenters. The summed E-state index contributed by atoms with van der Waals surface area (Å²) in [6.07, 6.45) is 10.9. The molecule has 0 radical (unpaired) electrons. The quantitative estimate of drug-likeness (QED) is 0.214. The van der Waals surface area contributed by atoms with Crippen molar-refractivity contribution in [2.45, 2.75) is 6.42 Å². The van der Waals surface area contributed by atoms with E-state index in [4.69, 9.17) is 15.0 Å². The molecule has 4 aromatic carbocycles. The summed E-state index contributed by atoms with van der Waals surface area (Å²) in [6.45, 7) is 4.61. The lowest BCUT2D eigenvalue weighted by Gasteiger charge is -2.27. The van der Waals surface area contributed by atoms with Gasteiger partial charge in [-0.05, 0) is 52.5 Å². The van der Waals surface area contributed by atoms with Gasteiger partial charge in [-0.2, -0.15) is 0 Å². The molecule has 2 bridgehead atoms. The van der Waals surface area contributed by atoms with Gasteiger partial charge < -0.3 is 4.90 Å². The zero-order chi connectivity index (χ0) is 29.5. The summed E-state index contributed by atoms with van der Waals surface area (Å²) in [7, 11) is 0. The molecule has 5 nitrogen and oxygen atoms in total. The largest absolute Gasteiger partial charge is 0.315 e. The van der Waals surface area contributed by atoms with E-state index in [1.165, 1.54) is 16.7 Å². The molecule has 0 fully saturated rings. The monoisotopic (exact) mass is 565 g/mol. The fourth-order valence-electron chi connectivity index (χ4n) is 6.06. The minimum atomic E-state index is 0.567. The Kier molecular flexibility index (Phi) is 6.27. The summed E-state index contributed by atoms with van der Waals surface area (Å²) in [5, 5.41) is 0. The molecule has 6 aromatic rings. The second-order valence-corrected chi connectivity index (χ2v) is 10.9. The smallest absolute Gasteiger partial charge is 0.165 e. The average Bonchev–Trinajstić information content (AvgIpc) is 3.21. The molecule has 0 N–H and O–H groups in total. The molecule has 0 spiro atoms. The number of rotatable bonds is 4. The van der Waals surface area contributed by atoms with E-state index in [-0.39, 0.29) is 0 Å². The van der Waals surface area contributed by atoms with Crippen LogP contribution in [0.2, 0.25) is 0 Å². The first-order valence-electron chi connectivity index (χ1n) is 14.6. The second kappa shape index (κ2) is 10.7.